The number of benzene rings is 3. The number of pyridine rings is 1. The third kappa shape index (κ3) is 4.37. The SMILES string of the molecule is Cc1[nH]c2c(C)cccc2c(=O)c1CN1CCN(C(c2ccccc2)c2ccccc2)CC1. The van der Waals surface area contributed by atoms with Gasteiger partial charge < -0.3 is 4.98 Å². The van der Waals surface area contributed by atoms with Crippen molar-refractivity contribution >= 4 is 10.9 Å². The first-order valence-electron chi connectivity index (χ1n) is 11.8. The van der Waals surface area contributed by atoms with Gasteiger partial charge in [-0.25, -0.2) is 0 Å². The van der Waals surface area contributed by atoms with Crippen LogP contribution in [0.3, 0.4) is 0 Å². The van der Waals surface area contributed by atoms with Gasteiger partial charge in [0.15, 0.2) is 5.43 Å². The van der Waals surface area contributed by atoms with E-state index in [-0.39, 0.29) is 11.5 Å². The Morgan fingerprint density at radius 1 is 0.788 bits per heavy atom. The van der Waals surface area contributed by atoms with Crippen molar-refractivity contribution in [1.29, 1.82) is 0 Å². The van der Waals surface area contributed by atoms with Crippen LogP contribution in [0.25, 0.3) is 10.9 Å². The quantitative estimate of drug-likeness (QED) is 0.475. The predicted molar refractivity (Wildman–Crippen MR) is 136 cm³/mol. The molecule has 0 radical (unpaired) electrons. The van der Waals surface area contributed by atoms with Gasteiger partial charge >= 0.3 is 0 Å². The van der Waals surface area contributed by atoms with Crippen LogP contribution in [-0.4, -0.2) is 41.0 Å². The molecular formula is C29H31N3O. The van der Waals surface area contributed by atoms with Crippen LogP contribution in [0, 0.1) is 13.8 Å². The second-order valence-electron chi connectivity index (χ2n) is 9.09. The average molecular weight is 438 g/mol. The molecule has 2 heterocycles. The predicted octanol–water partition coefficient (Wildman–Crippen LogP) is 5.05. The van der Waals surface area contributed by atoms with Gasteiger partial charge in [-0.1, -0.05) is 72.8 Å². The van der Waals surface area contributed by atoms with Crippen LogP contribution < -0.4 is 5.43 Å². The lowest BCUT2D eigenvalue weighted by molar-refractivity contribution is 0.104. The molecule has 0 bridgehead atoms. The normalized spacial score (nSPS) is 15.4. The molecule has 4 nitrogen and oxygen atoms in total. The zero-order valence-corrected chi connectivity index (χ0v) is 19.4. The number of nitrogens with zero attached hydrogens (tertiary/aromatic N) is 2. The van der Waals surface area contributed by atoms with Gasteiger partial charge in [-0.15, -0.1) is 0 Å². The molecule has 3 aromatic carbocycles. The van der Waals surface area contributed by atoms with Crippen molar-refractivity contribution in [3.8, 4) is 0 Å². The summed E-state index contributed by atoms with van der Waals surface area (Å²) in [6, 6.07) is 27.8. The first kappa shape index (κ1) is 21.6. The van der Waals surface area contributed by atoms with Gasteiger partial charge in [-0.3, -0.25) is 14.6 Å². The largest absolute Gasteiger partial charge is 0.358 e. The Hall–Kier alpha value is -3.21. The zero-order valence-electron chi connectivity index (χ0n) is 19.4. The van der Waals surface area contributed by atoms with Gasteiger partial charge in [0.1, 0.15) is 0 Å². The fourth-order valence-electron chi connectivity index (χ4n) is 5.10. The smallest absolute Gasteiger partial charge is 0.194 e. The summed E-state index contributed by atoms with van der Waals surface area (Å²) in [6.07, 6.45) is 0. The number of fused-ring (bicyclic) bond motifs is 1. The number of aromatic amines is 1. The minimum absolute atomic E-state index is 0.166. The molecule has 1 aliphatic rings. The van der Waals surface area contributed by atoms with E-state index in [0.29, 0.717) is 6.54 Å². The molecule has 5 rings (SSSR count). The summed E-state index contributed by atoms with van der Waals surface area (Å²) < 4.78 is 0. The number of piperazine rings is 1. The number of hydrogen-bond acceptors (Lipinski definition) is 3. The van der Waals surface area contributed by atoms with E-state index in [4.69, 9.17) is 0 Å². The Kier molecular flexibility index (Phi) is 6.12. The molecule has 1 fully saturated rings. The zero-order chi connectivity index (χ0) is 22.8. The summed E-state index contributed by atoms with van der Waals surface area (Å²) in [4.78, 5) is 21.7. The maximum Gasteiger partial charge on any atom is 0.194 e. The number of hydrogen-bond donors (Lipinski definition) is 1. The van der Waals surface area contributed by atoms with Crippen molar-refractivity contribution in [2.24, 2.45) is 0 Å². The molecule has 0 spiro atoms. The highest BCUT2D eigenvalue weighted by Crippen LogP contribution is 2.29. The molecule has 0 unspecified atom stereocenters. The van der Waals surface area contributed by atoms with Crippen LogP contribution in [0.1, 0.15) is 34.0 Å². The number of H-pyrrole nitrogens is 1. The van der Waals surface area contributed by atoms with E-state index >= 15 is 0 Å². The summed E-state index contributed by atoms with van der Waals surface area (Å²) in [6.45, 7) is 8.60. The summed E-state index contributed by atoms with van der Waals surface area (Å²) in [7, 11) is 0. The van der Waals surface area contributed by atoms with E-state index in [0.717, 1.165) is 53.9 Å². The van der Waals surface area contributed by atoms with Crippen LogP contribution >= 0.6 is 0 Å². The Morgan fingerprint density at radius 2 is 1.39 bits per heavy atom. The molecule has 0 amide bonds. The maximum atomic E-state index is 13.3. The Morgan fingerprint density at radius 3 is 2.00 bits per heavy atom. The number of aromatic nitrogens is 1. The van der Waals surface area contributed by atoms with E-state index in [2.05, 4.69) is 75.4 Å². The van der Waals surface area contributed by atoms with E-state index in [1.807, 2.05) is 32.0 Å². The van der Waals surface area contributed by atoms with Crippen LogP contribution in [-0.2, 0) is 6.54 Å². The van der Waals surface area contributed by atoms with Gasteiger partial charge in [0, 0.05) is 49.4 Å². The third-order valence-electron chi connectivity index (χ3n) is 6.94. The molecule has 1 saturated heterocycles. The van der Waals surface area contributed by atoms with Gasteiger partial charge in [0.05, 0.1) is 11.6 Å². The summed E-state index contributed by atoms with van der Waals surface area (Å²) in [5.41, 5.74) is 6.77. The molecule has 0 saturated carbocycles. The minimum Gasteiger partial charge on any atom is -0.358 e. The first-order chi connectivity index (χ1) is 16.1. The minimum atomic E-state index is 0.166. The number of nitrogens with one attached hydrogen (secondary N) is 1. The molecule has 168 valence electrons. The van der Waals surface area contributed by atoms with Gasteiger partial charge in [0.2, 0.25) is 0 Å². The topological polar surface area (TPSA) is 39.3 Å². The van der Waals surface area contributed by atoms with Crippen LogP contribution in [0.4, 0.5) is 0 Å². The van der Waals surface area contributed by atoms with Crippen molar-refractivity contribution in [2.45, 2.75) is 26.4 Å². The summed E-state index contributed by atoms with van der Waals surface area (Å²) >= 11 is 0. The van der Waals surface area contributed by atoms with Gasteiger partial charge in [-0.2, -0.15) is 0 Å². The van der Waals surface area contributed by atoms with E-state index < -0.39 is 0 Å². The Bertz CT molecular complexity index is 1250. The van der Waals surface area contributed by atoms with Crippen LogP contribution in [0.2, 0.25) is 0 Å². The fourth-order valence-corrected chi connectivity index (χ4v) is 5.10. The van der Waals surface area contributed by atoms with E-state index in [9.17, 15) is 4.79 Å². The molecular weight excluding hydrogens is 406 g/mol. The summed E-state index contributed by atoms with van der Waals surface area (Å²) in [5.74, 6) is 0. The lowest BCUT2D eigenvalue weighted by Gasteiger charge is -2.40. The van der Waals surface area contributed by atoms with Crippen molar-refractivity contribution in [3.63, 3.8) is 0 Å². The molecule has 4 aromatic rings. The number of para-hydroxylation sites is 1. The number of aryl methyl sites for hydroxylation is 2. The molecule has 33 heavy (non-hydrogen) atoms. The Balaban J connectivity index is 1.35. The second kappa shape index (κ2) is 9.34. The van der Waals surface area contributed by atoms with Crippen molar-refractivity contribution in [2.75, 3.05) is 26.2 Å². The maximum absolute atomic E-state index is 13.3. The summed E-state index contributed by atoms with van der Waals surface area (Å²) in [5, 5.41) is 0.794. The lowest BCUT2D eigenvalue weighted by atomic mass is 9.96. The van der Waals surface area contributed by atoms with Gasteiger partial charge in [0.25, 0.3) is 0 Å². The van der Waals surface area contributed by atoms with E-state index in [1.165, 1.54) is 11.1 Å². The van der Waals surface area contributed by atoms with Crippen LogP contribution in [0.5, 0.6) is 0 Å². The molecule has 4 heteroatoms. The van der Waals surface area contributed by atoms with Gasteiger partial charge in [-0.05, 0) is 36.6 Å². The molecule has 0 atom stereocenters. The molecule has 0 aliphatic carbocycles. The lowest BCUT2D eigenvalue weighted by Crippen LogP contribution is -2.47. The second-order valence-corrected chi connectivity index (χ2v) is 9.09. The van der Waals surface area contributed by atoms with E-state index in [1.54, 1.807) is 0 Å². The van der Waals surface area contributed by atoms with Crippen molar-refractivity contribution in [3.05, 3.63) is 117 Å². The molecule has 1 aliphatic heterocycles. The Labute approximate surface area is 195 Å². The average Bonchev–Trinajstić information content (AvgIpc) is 2.85. The first-order valence-corrected chi connectivity index (χ1v) is 11.8. The fraction of sp³-hybridized carbons (Fsp3) is 0.276. The molecule has 1 N–H and O–H groups in total. The highest BCUT2D eigenvalue weighted by molar-refractivity contribution is 5.82. The highest BCUT2D eigenvalue weighted by Gasteiger charge is 2.27. The van der Waals surface area contributed by atoms with Crippen molar-refractivity contribution in [1.82, 2.24) is 14.8 Å². The number of rotatable bonds is 5. The van der Waals surface area contributed by atoms with Crippen molar-refractivity contribution < 1.29 is 0 Å². The van der Waals surface area contributed by atoms with Crippen LogP contribution in [0.15, 0.2) is 83.7 Å². The monoisotopic (exact) mass is 437 g/mol. The molecule has 1 aromatic heterocycles. The highest BCUT2D eigenvalue weighted by atomic mass is 16.1. The third-order valence-corrected chi connectivity index (χ3v) is 6.94. The standard InChI is InChI=1S/C29H31N3O/c1-21-10-9-15-25-27(21)30-22(2)26(29(25)33)20-31-16-18-32(19-17-31)28(23-11-5-3-6-12-23)24-13-7-4-8-14-24/h3-15,28H,16-20H2,1-2H3,(H,30,33).